The smallest absolute Gasteiger partial charge is 0.327 e. The summed E-state index contributed by atoms with van der Waals surface area (Å²) < 4.78 is 0. The molecule has 0 unspecified atom stereocenters. The first-order valence-electron chi connectivity index (χ1n) is 5.70. The fraction of sp³-hybridized carbons (Fsp3) is 0.727. The Morgan fingerprint density at radius 2 is 2.06 bits per heavy atom. The average molecular weight is 257 g/mol. The molecule has 1 saturated heterocycles. The van der Waals surface area contributed by atoms with Crippen LogP contribution in [0.25, 0.3) is 0 Å². The molecule has 4 amide bonds. The van der Waals surface area contributed by atoms with Crippen molar-refractivity contribution < 1.29 is 19.5 Å². The molecule has 0 aromatic heterocycles. The van der Waals surface area contributed by atoms with Gasteiger partial charge >= 0.3 is 6.03 Å². The van der Waals surface area contributed by atoms with Gasteiger partial charge in [-0.2, -0.15) is 0 Å². The summed E-state index contributed by atoms with van der Waals surface area (Å²) in [6.07, 6.45) is 0. The van der Waals surface area contributed by atoms with Crippen LogP contribution >= 0.6 is 0 Å². The molecule has 0 saturated carbocycles. The SMILES string of the molecule is CN1CC(=O)N(CC(=O)NCC(C)(C)CO)C1=O. The fourth-order valence-electron chi connectivity index (χ4n) is 1.42. The Morgan fingerprint density at radius 3 is 2.50 bits per heavy atom. The van der Waals surface area contributed by atoms with Crippen molar-refractivity contribution in [2.45, 2.75) is 13.8 Å². The third-order valence-electron chi connectivity index (χ3n) is 2.72. The van der Waals surface area contributed by atoms with Crippen LogP contribution < -0.4 is 5.32 Å². The Kier molecular flexibility index (Phi) is 4.28. The molecule has 1 fully saturated rings. The van der Waals surface area contributed by atoms with Gasteiger partial charge in [-0.1, -0.05) is 13.8 Å². The molecule has 18 heavy (non-hydrogen) atoms. The molecule has 0 radical (unpaired) electrons. The Bertz CT molecular complexity index is 367. The number of aliphatic hydroxyl groups is 1. The third kappa shape index (κ3) is 3.43. The van der Waals surface area contributed by atoms with Crippen molar-refractivity contribution in [1.29, 1.82) is 0 Å². The van der Waals surface area contributed by atoms with Crippen molar-refractivity contribution in [3.05, 3.63) is 0 Å². The molecule has 7 nitrogen and oxygen atoms in total. The predicted molar refractivity (Wildman–Crippen MR) is 63.6 cm³/mol. The highest BCUT2D eigenvalue weighted by Gasteiger charge is 2.34. The van der Waals surface area contributed by atoms with E-state index in [-0.39, 0.29) is 32.1 Å². The van der Waals surface area contributed by atoms with Crippen LogP contribution in [0.5, 0.6) is 0 Å². The van der Waals surface area contributed by atoms with Crippen molar-refractivity contribution in [2.75, 3.05) is 33.3 Å². The second-order valence-electron chi connectivity index (χ2n) is 5.22. The molecule has 0 aromatic carbocycles. The molecule has 1 aliphatic rings. The minimum atomic E-state index is -0.462. The first-order chi connectivity index (χ1) is 8.26. The predicted octanol–water partition coefficient (Wildman–Crippen LogP) is -0.985. The van der Waals surface area contributed by atoms with Crippen molar-refractivity contribution in [3.63, 3.8) is 0 Å². The van der Waals surface area contributed by atoms with E-state index in [0.717, 1.165) is 4.90 Å². The maximum Gasteiger partial charge on any atom is 0.327 e. The highest BCUT2D eigenvalue weighted by molar-refractivity contribution is 6.04. The van der Waals surface area contributed by atoms with Gasteiger partial charge in [0.2, 0.25) is 5.91 Å². The maximum atomic E-state index is 11.6. The zero-order valence-corrected chi connectivity index (χ0v) is 10.9. The Morgan fingerprint density at radius 1 is 1.44 bits per heavy atom. The molecular weight excluding hydrogens is 238 g/mol. The van der Waals surface area contributed by atoms with E-state index < -0.39 is 17.4 Å². The lowest BCUT2D eigenvalue weighted by Gasteiger charge is -2.22. The number of carbonyl (C=O) groups is 3. The number of nitrogens with one attached hydrogen (secondary N) is 1. The number of amides is 4. The van der Waals surface area contributed by atoms with Crippen molar-refractivity contribution >= 4 is 17.8 Å². The van der Waals surface area contributed by atoms with E-state index in [4.69, 9.17) is 5.11 Å². The zero-order chi connectivity index (χ0) is 13.9. The number of likely N-dealkylation sites (N-methyl/N-ethyl adjacent to an activating group) is 1. The van der Waals surface area contributed by atoms with E-state index in [1.807, 2.05) is 0 Å². The van der Waals surface area contributed by atoms with E-state index >= 15 is 0 Å². The standard InChI is InChI=1S/C11H19N3O4/c1-11(2,7-15)6-12-8(16)4-14-9(17)5-13(3)10(14)18/h15H,4-7H2,1-3H3,(H,12,16). The van der Waals surface area contributed by atoms with Crippen LogP contribution in [0.4, 0.5) is 4.79 Å². The molecule has 7 heteroatoms. The van der Waals surface area contributed by atoms with Gasteiger partial charge in [0, 0.05) is 25.6 Å². The molecule has 1 aliphatic heterocycles. The molecular formula is C11H19N3O4. The number of nitrogens with zero attached hydrogens (tertiary/aromatic N) is 2. The van der Waals surface area contributed by atoms with Crippen LogP contribution in [-0.2, 0) is 9.59 Å². The largest absolute Gasteiger partial charge is 0.396 e. The number of hydrogen-bond donors (Lipinski definition) is 2. The number of carbonyl (C=O) groups excluding carboxylic acids is 3. The van der Waals surface area contributed by atoms with Gasteiger partial charge in [0.25, 0.3) is 5.91 Å². The van der Waals surface area contributed by atoms with Crippen LogP contribution in [-0.4, -0.2) is 66.0 Å². The molecule has 2 N–H and O–H groups in total. The van der Waals surface area contributed by atoms with Gasteiger partial charge in [0.1, 0.15) is 13.1 Å². The van der Waals surface area contributed by atoms with E-state index in [9.17, 15) is 14.4 Å². The molecule has 1 heterocycles. The van der Waals surface area contributed by atoms with Gasteiger partial charge < -0.3 is 15.3 Å². The first-order valence-corrected chi connectivity index (χ1v) is 5.70. The summed E-state index contributed by atoms with van der Waals surface area (Å²) >= 11 is 0. The molecule has 0 aromatic rings. The number of imide groups is 1. The second-order valence-corrected chi connectivity index (χ2v) is 5.22. The van der Waals surface area contributed by atoms with Gasteiger partial charge in [-0.3, -0.25) is 14.5 Å². The number of rotatable bonds is 5. The van der Waals surface area contributed by atoms with Crippen molar-refractivity contribution in [1.82, 2.24) is 15.1 Å². The topological polar surface area (TPSA) is 90.0 Å². The van der Waals surface area contributed by atoms with Crippen LogP contribution in [0.3, 0.4) is 0 Å². The average Bonchev–Trinajstić information content (AvgIpc) is 2.54. The van der Waals surface area contributed by atoms with Gasteiger partial charge in [0.05, 0.1) is 0 Å². The summed E-state index contributed by atoms with van der Waals surface area (Å²) in [7, 11) is 1.51. The fourth-order valence-corrected chi connectivity index (χ4v) is 1.42. The Hall–Kier alpha value is -1.63. The Labute approximate surface area is 106 Å². The number of urea groups is 1. The maximum absolute atomic E-state index is 11.6. The van der Waals surface area contributed by atoms with Gasteiger partial charge in [0.15, 0.2) is 0 Å². The minimum Gasteiger partial charge on any atom is -0.396 e. The van der Waals surface area contributed by atoms with Gasteiger partial charge in [-0.05, 0) is 0 Å². The Balaban J connectivity index is 2.46. The highest BCUT2D eigenvalue weighted by atomic mass is 16.3. The van der Waals surface area contributed by atoms with Gasteiger partial charge in [-0.25, -0.2) is 4.79 Å². The van der Waals surface area contributed by atoms with E-state index in [2.05, 4.69) is 5.32 Å². The summed E-state index contributed by atoms with van der Waals surface area (Å²) in [5.74, 6) is -0.785. The van der Waals surface area contributed by atoms with E-state index in [0.29, 0.717) is 0 Å². The second kappa shape index (κ2) is 5.34. The van der Waals surface area contributed by atoms with E-state index in [1.54, 1.807) is 13.8 Å². The summed E-state index contributed by atoms with van der Waals surface area (Å²) in [5, 5.41) is 11.6. The summed E-state index contributed by atoms with van der Waals surface area (Å²) in [6.45, 7) is 3.56. The normalized spacial score (nSPS) is 16.4. The molecule has 1 rings (SSSR count). The summed E-state index contributed by atoms with van der Waals surface area (Å²) in [4.78, 5) is 36.7. The molecule has 0 spiro atoms. The van der Waals surface area contributed by atoms with E-state index in [1.165, 1.54) is 11.9 Å². The summed E-state index contributed by atoms with van der Waals surface area (Å²) in [5.41, 5.74) is -0.425. The molecule has 0 atom stereocenters. The highest BCUT2D eigenvalue weighted by Crippen LogP contribution is 2.11. The number of hydrogen-bond acceptors (Lipinski definition) is 4. The lowest BCUT2D eigenvalue weighted by Crippen LogP contribution is -2.44. The first kappa shape index (κ1) is 14.4. The van der Waals surface area contributed by atoms with Crippen LogP contribution in [0.1, 0.15) is 13.8 Å². The summed E-state index contributed by atoms with van der Waals surface area (Å²) in [6, 6.07) is -0.462. The van der Waals surface area contributed by atoms with Crippen LogP contribution in [0.15, 0.2) is 0 Å². The van der Waals surface area contributed by atoms with Crippen molar-refractivity contribution in [2.24, 2.45) is 5.41 Å². The number of aliphatic hydroxyl groups excluding tert-OH is 1. The monoisotopic (exact) mass is 257 g/mol. The molecule has 0 aliphatic carbocycles. The van der Waals surface area contributed by atoms with Crippen molar-refractivity contribution in [3.8, 4) is 0 Å². The zero-order valence-electron chi connectivity index (χ0n) is 10.9. The molecule has 0 bridgehead atoms. The third-order valence-corrected chi connectivity index (χ3v) is 2.72. The van der Waals surface area contributed by atoms with Crippen LogP contribution in [0.2, 0.25) is 0 Å². The lowest BCUT2D eigenvalue weighted by atomic mass is 9.95. The van der Waals surface area contributed by atoms with Crippen LogP contribution in [0, 0.1) is 5.41 Å². The molecule has 102 valence electrons. The quantitative estimate of drug-likeness (QED) is 0.619. The minimum absolute atomic E-state index is 0.00818. The van der Waals surface area contributed by atoms with Gasteiger partial charge in [-0.15, -0.1) is 0 Å². The lowest BCUT2D eigenvalue weighted by molar-refractivity contribution is -0.130.